The average molecular weight is 700 g/mol. The Morgan fingerprint density at radius 1 is 0.396 bits per heavy atom. The van der Waals surface area contributed by atoms with E-state index < -0.39 is 0 Å². The molecule has 0 saturated heterocycles. The number of hydrogen-bond acceptors (Lipinski definition) is 3. The average Bonchev–Trinajstić information content (AvgIpc) is 3.17. The van der Waals surface area contributed by atoms with Gasteiger partial charge < -0.3 is 14.7 Å². The molecule has 4 aliphatic rings. The first-order valence-corrected chi connectivity index (χ1v) is 20.6. The van der Waals surface area contributed by atoms with Crippen LogP contribution in [0.25, 0.3) is 0 Å². The molecule has 0 spiro atoms. The second-order valence-electron chi connectivity index (χ2n) is 18.4. The third kappa shape index (κ3) is 6.05. The van der Waals surface area contributed by atoms with Crippen molar-refractivity contribution in [2.75, 3.05) is 14.7 Å². The first-order valence-electron chi connectivity index (χ1n) is 20.6. The Hall–Kier alpha value is -4.50. The van der Waals surface area contributed by atoms with E-state index in [2.05, 4.69) is 159 Å². The number of rotatable bonds is 4. The van der Waals surface area contributed by atoms with Gasteiger partial charge in [-0.25, -0.2) is 0 Å². The molecule has 272 valence electrons. The van der Waals surface area contributed by atoms with E-state index in [1.54, 1.807) is 0 Å². The van der Waals surface area contributed by atoms with Crippen molar-refractivity contribution in [3.63, 3.8) is 0 Å². The molecule has 3 heteroatoms. The summed E-state index contributed by atoms with van der Waals surface area (Å²) in [5, 5.41) is 0. The molecule has 0 amide bonds. The summed E-state index contributed by atoms with van der Waals surface area (Å²) in [5.74, 6) is 1.31. The van der Waals surface area contributed by atoms with Crippen LogP contribution in [0.1, 0.15) is 140 Å². The highest BCUT2D eigenvalue weighted by Crippen LogP contribution is 2.64. The number of nitrogens with zero attached hydrogens (tertiary/aromatic N) is 3. The molecule has 0 aromatic heterocycles. The Labute approximate surface area is 318 Å². The van der Waals surface area contributed by atoms with Crippen molar-refractivity contribution >= 4 is 51.2 Å². The fourth-order valence-electron chi connectivity index (χ4n) is 9.69. The summed E-state index contributed by atoms with van der Waals surface area (Å²) in [7, 11) is 0. The van der Waals surface area contributed by atoms with E-state index in [-0.39, 0.29) is 10.8 Å². The van der Waals surface area contributed by atoms with E-state index in [1.165, 1.54) is 138 Å². The molecule has 0 bridgehead atoms. The van der Waals surface area contributed by atoms with Gasteiger partial charge in [0, 0.05) is 11.4 Å². The molecule has 2 saturated carbocycles. The fourth-order valence-corrected chi connectivity index (χ4v) is 9.69. The summed E-state index contributed by atoms with van der Waals surface area (Å²) in [5.41, 5.74) is 17.0. The summed E-state index contributed by atoms with van der Waals surface area (Å²) in [6.45, 7) is 13.9. The van der Waals surface area contributed by atoms with Crippen molar-refractivity contribution in [1.29, 1.82) is 0 Å². The van der Waals surface area contributed by atoms with Crippen LogP contribution in [0.15, 0.2) is 103 Å². The normalized spacial score (nSPS) is 17.7. The van der Waals surface area contributed by atoms with Crippen molar-refractivity contribution in [3.8, 4) is 0 Å². The van der Waals surface area contributed by atoms with Gasteiger partial charge in [-0.15, -0.1) is 0 Å². The Morgan fingerprint density at radius 3 is 1.40 bits per heavy atom. The molecule has 5 aromatic carbocycles. The van der Waals surface area contributed by atoms with Crippen LogP contribution in [0.4, 0.5) is 51.2 Å². The third-order valence-corrected chi connectivity index (χ3v) is 12.8. The second-order valence-corrected chi connectivity index (χ2v) is 18.4. The zero-order chi connectivity index (χ0) is 36.5. The van der Waals surface area contributed by atoms with E-state index >= 15 is 0 Å². The zero-order valence-corrected chi connectivity index (χ0v) is 32.9. The second kappa shape index (κ2) is 13.1. The van der Waals surface area contributed by atoms with Gasteiger partial charge in [-0.2, -0.15) is 0 Å². The van der Waals surface area contributed by atoms with Crippen LogP contribution >= 0.6 is 0 Å². The summed E-state index contributed by atoms with van der Waals surface area (Å²) < 4.78 is 0. The monoisotopic (exact) mass is 699 g/mol. The highest BCUT2D eigenvalue weighted by atomic mass is 15.3. The maximum absolute atomic E-state index is 2.63. The molecule has 9 rings (SSSR count). The third-order valence-electron chi connectivity index (χ3n) is 12.8. The first-order chi connectivity index (χ1) is 25.6. The molecular weight excluding hydrogens is 643 g/mol. The number of para-hydroxylation sites is 1. The maximum Gasteiger partial charge on any atom is 0.0947 e. The molecule has 0 atom stereocenters. The lowest BCUT2D eigenvalue weighted by atomic mass is 9.83. The van der Waals surface area contributed by atoms with Crippen LogP contribution in [-0.2, 0) is 10.8 Å². The summed E-state index contributed by atoms with van der Waals surface area (Å²) in [4.78, 5) is 7.70. The van der Waals surface area contributed by atoms with E-state index in [0.29, 0.717) is 11.8 Å². The van der Waals surface area contributed by atoms with E-state index in [1.807, 2.05) is 0 Å². The molecule has 2 fully saturated rings. The largest absolute Gasteiger partial charge is 0.306 e. The first kappa shape index (κ1) is 34.3. The van der Waals surface area contributed by atoms with Crippen LogP contribution in [0, 0.1) is 0 Å². The number of benzene rings is 5. The standard InChI is InChI=1S/C50H57N3/c1-49(2,3)38-23-28-41(29-24-38)52-43-31-25-39(50(4,5)6)33-47(43)53-46-32-37(35-16-11-8-12-17-35)22-30-42(46)51(44-18-13-19-45(52)48(44)53)40-26-20-36(21-27-40)34-14-9-7-10-15-34/h13,18-35H,7-12,14-17H2,1-6H3. The SMILES string of the molecule is CC(C)(C)c1ccc(N2c3ccc(C(C)(C)C)cc3N3c4cc(C5CCCCC5)ccc4N(c4ccc(C5CCCCC5)cc4)c4cccc2c43)cc1. The van der Waals surface area contributed by atoms with Gasteiger partial charge in [-0.1, -0.05) is 123 Å². The van der Waals surface area contributed by atoms with Crippen LogP contribution in [0.2, 0.25) is 0 Å². The molecule has 0 N–H and O–H groups in total. The maximum atomic E-state index is 2.63. The molecule has 0 unspecified atom stereocenters. The molecule has 2 heterocycles. The molecule has 3 nitrogen and oxygen atoms in total. The Balaban J connectivity index is 1.27. The van der Waals surface area contributed by atoms with Crippen molar-refractivity contribution < 1.29 is 0 Å². The summed E-state index contributed by atoms with van der Waals surface area (Å²) >= 11 is 0. The number of fused-ring (bicyclic) bond motifs is 4. The predicted molar refractivity (Wildman–Crippen MR) is 227 cm³/mol. The van der Waals surface area contributed by atoms with Crippen LogP contribution < -0.4 is 14.7 Å². The fraction of sp³-hybridized carbons (Fsp3) is 0.400. The highest BCUT2D eigenvalue weighted by Gasteiger charge is 2.40. The van der Waals surface area contributed by atoms with Gasteiger partial charge in [0.25, 0.3) is 0 Å². The minimum absolute atomic E-state index is 0.0166. The highest BCUT2D eigenvalue weighted by molar-refractivity contribution is 6.12. The van der Waals surface area contributed by atoms with Gasteiger partial charge in [-0.3, -0.25) is 0 Å². The molecule has 53 heavy (non-hydrogen) atoms. The molecular formula is C50H57N3. The lowest BCUT2D eigenvalue weighted by Crippen LogP contribution is -2.31. The van der Waals surface area contributed by atoms with E-state index in [9.17, 15) is 0 Å². The Morgan fingerprint density at radius 2 is 0.849 bits per heavy atom. The van der Waals surface area contributed by atoms with Crippen LogP contribution in [0.3, 0.4) is 0 Å². The van der Waals surface area contributed by atoms with E-state index in [4.69, 9.17) is 0 Å². The minimum Gasteiger partial charge on any atom is -0.306 e. The molecule has 2 aliphatic heterocycles. The Kier molecular flexibility index (Phi) is 8.48. The summed E-state index contributed by atoms with van der Waals surface area (Å²) in [6, 6.07) is 40.6. The molecule has 0 radical (unpaired) electrons. The molecule has 2 aliphatic carbocycles. The van der Waals surface area contributed by atoms with Gasteiger partial charge in [0.2, 0.25) is 0 Å². The van der Waals surface area contributed by atoms with Gasteiger partial charge in [0.15, 0.2) is 0 Å². The van der Waals surface area contributed by atoms with Gasteiger partial charge in [0.1, 0.15) is 0 Å². The zero-order valence-electron chi connectivity index (χ0n) is 32.9. The molecule has 5 aromatic rings. The van der Waals surface area contributed by atoms with E-state index in [0.717, 1.165) is 0 Å². The summed E-state index contributed by atoms with van der Waals surface area (Å²) in [6.07, 6.45) is 13.3. The van der Waals surface area contributed by atoms with Gasteiger partial charge in [-0.05, 0) is 131 Å². The van der Waals surface area contributed by atoms with Gasteiger partial charge >= 0.3 is 0 Å². The van der Waals surface area contributed by atoms with Crippen molar-refractivity contribution in [2.45, 2.75) is 128 Å². The van der Waals surface area contributed by atoms with Crippen molar-refractivity contribution in [2.24, 2.45) is 0 Å². The minimum atomic E-state index is 0.0166. The lowest BCUT2D eigenvalue weighted by molar-refractivity contribution is 0.443. The Bertz CT molecular complexity index is 2120. The topological polar surface area (TPSA) is 9.72 Å². The number of hydrogen-bond donors (Lipinski definition) is 0. The smallest absolute Gasteiger partial charge is 0.0947 e. The van der Waals surface area contributed by atoms with Crippen LogP contribution in [-0.4, -0.2) is 0 Å². The number of anilines is 9. The van der Waals surface area contributed by atoms with Gasteiger partial charge in [0.05, 0.1) is 39.8 Å². The van der Waals surface area contributed by atoms with Crippen LogP contribution in [0.5, 0.6) is 0 Å². The van der Waals surface area contributed by atoms with Crippen molar-refractivity contribution in [3.05, 3.63) is 125 Å². The predicted octanol–water partition coefficient (Wildman–Crippen LogP) is 15.4. The van der Waals surface area contributed by atoms with Crippen molar-refractivity contribution in [1.82, 2.24) is 0 Å². The quantitative estimate of drug-likeness (QED) is 0.181. The lowest BCUT2D eigenvalue weighted by Gasteiger charge is -2.47.